The third-order valence-corrected chi connectivity index (χ3v) is 3.53. The molecule has 0 aromatic heterocycles. The summed E-state index contributed by atoms with van der Waals surface area (Å²) in [6, 6.07) is 8.85. The van der Waals surface area contributed by atoms with Gasteiger partial charge in [0.25, 0.3) is 0 Å². The molecule has 1 aromatic carbocycles. The van der Waals surface area contributed by atoms with Crippen LogP contribution in [0.1, 0.15) is 57.9 Å². The molecule has 102 valence electrons. The Labute approximate surface area is 113 Å². The topological polar surface area (TPSA) is 3.24 Å². The highest BCUT2D eigenvalue weighted by molar-refractivity contribution is 5.48. The largest absolute Gasteiger partial charge is 0.372 e. The molecule has 0 aliphatic heterocycles. The summed E-state index contributed by atoms with van der Waals surface area (Å²) in [4.78, 5) is 2.49. The molecule has 0 unspecified atom stereocenters. The van der Waals surface area contributed by atoms with Crippen molar-refractivity contribution >= 4 is 5.69 Å². The maximum absolute atomic E-state index is 2.49. The fraction of sp³-hybridized carbons (Fsp3) is 0.647. The number of rotatable bonds is 9. The summed E-state index contributed by atoms with van der Waals surface area (Å²) >= 11 is 0. The van der Waals surface area contributed by atoms with Gasteiger partial charge in [-0.3, -0.25) is 0 Å². The zero-order valence-corrected chi connectivity index (χ0v) is 12.4. The minimum absolute atomic E-state index is 1.11. The molecule has 0 spiro atoms. The zero-order chi connectivity index (χ0) is 13.2. The van der Waals surface area contributed by atoms with Crippen LogP contribution in [0.2, 0.25) is 0 Å². The van der Waals surface area contributed by atoms with Crippen LogP contribution in [0.5, 0.6) is 0 Å². The minimum atomic E-state index is 1.11. The SMILES string of the molecule is CCCCCCCCN(CC)c1cccc(C)c1. The van der Waals surface area contributed by atoms with Crippen LogP contribution in [0.3, 0.4) is 0 Å². The maximum atomic E-state index is 2.49. The summed E-state index contributed by atoms with van der Waals surface area (Å²) in [5, 5.41) is 0. The summed E-state index contributed by atoms with van der Waals surface area (Å²) in [6.45, 7) is 9.00. The number of hydrogen-bond donors (Lipinski definition) is 0. The van der Waals surface area contributed by atoms with Crippen molar-refractivity contribution in [3.63, 3.8) is 0 Å². The molecule has 0 amide bonds. The van der Waals surface area contributed by atoms with Crippen LogP contribution in [0.25, 0.3) is 0 Å². The molecule has 0 aliphatic rings. The second-order valence-electron chi connectivity index (χ2n) is 5.19. The molecule has 0 atom stereocenters. The summed E-state index contributed by atoms with van der Waals surface area (Å²) in [5.74, 6) is 0. The Kier molecular flexibility index (Phi) is 7.55. The van der Waals surface area contributed by atoms with E-state index in [1.165, 1.54) is 56.3 Å². The van der Waals surface area contributed by atoms with Gasteiger partial charge in [-0.1, -0.05) is 51.2 Å². The van der Waals surface area contributed by atoms with Crippen molar-refractivity contribution in [1.29, 1.82) is 0 Å². The quantitative estimate of drug-likeness (QED) is 0.543. The lowest BCUT2D eigenvalue weighted by atomic mass is 10.1. The van der Waals surface area contributed by atoms with E-state index in [9.17, 15) is 0 Å². The van der Waals surface area contributed by atoms with Crippen LogP contribution in [0, 0.1) is 6.92 Å². The normalized spacial score (nSPS) is 10.6. The molecule has 18 heavy (non-hydrogen) atoms. The lowest BCUT2D eigenvalue weighted by Crippen LogP contribution is -2.23. The van der Waals surface area contributed by atoms with E-state index in [1.807, 2.05) is 0 Å². The second-order valence-corrected chi connectivity index (χ2v) is 5.19. The van der Waals surface area contributed by atoms with Crippen molar-refractivity contribution in [3.05, 3.63) is 29.8 Å². The molecule has 1 rings (SSSR count). The molecule has 0 saturated carbocycles. The highest BCUT2D eigenvalue weighted by atomic mass is 15.1. The lowest BCUT2D eigenvalue weighted by molar-refractivity contribution is 0.601. The van der Waals surface area contributed by atoms with Crippen LogP contribution in [-0.4, -0.2) is 13.1 Å². The fourth-order valence-corrected chi connectivity index (χ4v) is 2.38. The predicted molar refractivity (Wildman–Crippen MR) is 82.4 cm³/mol. The van der Waals surface area contributed by atoms with Crippen molar-refractivity contribution in [2.45, 2.75) is 59.3 Å². The molecular weight excluding hydrogens is 218 g/mol. The molecule has 0 radical (unpaired) electrons. The summed E-state index contributed by atoms with van der Waals surface area (Å²) in [7, 11) is 0. The average Bonchev–Trinajstić information content (AvgIpc) is 2.38. The number of hydrogen-bond acceptors (Lipinski definition) is 1. The van der Waals surface area contributed by atoms with Gasteiger partial charge in [0.05, 0.1) is 0 Å². The fourth-order valence-electron chi connectivity index (χ4n) is 2.38. The van der Waals surface area contributed by atoms with Crippen molar-refractivity contribution in [3.8, 4) is 0 Å². The van der Waals surface area contributed by atoms with Gasteiger partial charge in [0, 0.05) is 18.8 Å². The van der Waals surface area contributed by atoms with E-state index in [1.54, 1.807) is 0 Å². The van der Waals surface area contributed by atoms with E-state index in [4.69, 9.17) is 0 Å². The first-order chi connectivity index (χ1) is 8.77. The van der Waals surface area contributed by atoms with E-state index in [0.717, 1.165) is 6.54 Å². The van der Waals surface area contributed by atoms with Gasteiger partial charge >= 0.3 is 0 Å². The number of benzene rings is 1. The van der Waals surface area contributed by atoms with E-state index < -0.39 is 0 Å². The van der Waals surface area contributed by atoms with Crippen molar-refractivity contribution < 1.29 is 0 Å². The number of anilines is 1. The summed E-state index contributed by atoms with van der Waals surface area (Å²) in [6.07, 6.45) is 8.25. The van der Waals surface area contributed by atoms with Gasteiger partial charge in [-0.15, -0.1) is 0 Å². The molecule has 0 saturated heterocycles. The Morgan fingerprint density at radius 3 is 2.33 bits per heavy atom. The van der Waals surface area contributed by atoms with E-state index in [2.05, 4.69) is 49.9 Å². The zero-order valence-electron chi connectivity index (χ0n) is 12.4. The summed E-state index contributed by atoms with van der Waals surface area (Å²) < 4.78 is 0. The first kappa shape index (κ1) is 15.1. The lowest BCUT2D eigenvalue weighted by Gasteiger charge is -2.23. The number of aryl methyl sites for hydroxylation is 1. The van der Waals surface area contributed by atoms with Gasteiger partial charge in [-0.25, -0.2) is 0 Å². The second kappa shape index (κ2) is 9.02. The monoisotopic (exact) mass is 247 g/mol. The minimum Gasteiger partial charge on any atom is -0.372 e. The van der Waals surface area contributed by atoms with Gasteiger partial charge in [0.2, 0.25) is 0 Å². The Morgan fingerprint density at radius 2 is 1.67 bits per heavy atom. The smallest absolute Gasteiger partial charge is 0.0368 e. The maximum Gasteiger partial charge on any atom is 0.0368 e. The first-order valence-corrected chi connectivity index (χ1v) is 7.59. The third-order valence-electron chi connectivity index (χ3n) is 3.53. The van der Waals surface area contributed by atoms with Crippen LogP contribution in [0.4, 0.5) is 5.69 Å². The standard InChI is InChI=1S/C17H29N/c1-4-6-7-8-9-10-14-18(5-2)17-13-11-12-16(3)15-17/h11-13,15H,4-10,14H2,1-3H3. The molecule has 0 bridgehead atoms. The Morgan fingerprint density at radius 1 is 0.944 bits per heavy atom. The predicted octanol–water partition coefficient (Wildman–Crippen LogP) is 5.18. The molecule has 1 nitrogen and oxygen atoms in total. The van der Waals surface area contributed by atoms with Gasteiger partial charge in [-0.2, -0.15) is 0 Å². The Bertz CT molecular complexity index is 319. The third kappa shape index (κ3) is 5.57. The van der Waals surface area contributed by atoms with Crippen LogP contribution in [0.15, 0.2) is 24.3 Å². The molecule has 1 aromatic rings. The molecular formula is C17H29N. The first-order valence-electron chi connectivity index (χ1n) is 7.59. The molecule has 0 fully saturated rings. The summed E-state index contributed by atoms with van der Waals surface area (Å²) in [5.41, 5.74) is 2.74. The van der Waals surface area contributed by atoms with Crippen LogP contribution in [-0.2, 0) is 0 Å². The van der Waals surface area contributed by atoms with Crippen LogP contribution < -0.4 is 4.90 Å². The van der Waals surface area contributed by atoms with Gasteiger partial charge in [-0.05, 0) is 38.0 Å². The van der Waals surface area contributed by atoms with Gasteiger partial charge < -0.3 is 4.90 Å². The highest BCUT2D eigenvalue weighted by Gasteiger charge is 2.03. The van der Waals surface area contributed by atoms with Crippen molar-refractivity contribution in [2.75, 3.05) is 18.0 Å². The molecule has 0 N–H and O–H groups in total. The molecule has 1 heteroatoms. The number of unbranched alkanes of at least 4 members (excludes halogenated alkanes) is 5. The van der Waals surface area contributed by atoms with Gasteiger partial charge in [0.15, 0.2) is 0 Å². The van der Waals surface area contributed by atoms with E-state index in [-0.39, 0.29) is 0 Å². The van der Waals surface area contributed by atoms with Crippen molar-refractivity contribution in [2.24, 2.45) is 0 Å². The highest BCUT2D eigenvalue weighted by Crippen LogP contribution is 2.16. The molecule has 0 heterocycles. The Balaban J connectivity index is 2.29. The van der Waals surface area contributed by atoms with Crippen LogP contribution >= 0.6 is 0 Å². The Hall–Kier alpha value is -0.980. The van der Waals surface area contributed by atoms with E-state index >= 15 is 0 Å². The average molecular weight is 247 g/mol. The molecule has 0 aliphatic carbocycles. The van der Waals surface area contributed by atoms with Crippen molar-refractivity contribution in [1.82, 2.24) is 0 Å². The van der Waals surface area contributed by atoms with Gasteiger partial charge in [0.1, 0.15) is 0 Å². The number of nitrogens with zero attached hydrogens (tertiary/aromatic N) is 1. The van der Waals surface area contributed by atoms with E-state index in [0.29, 0.717) is 0 Å².